The lowest BCUT2D eigenvalue weighted by Gasteiger charge is -2.32. The number of rotatable bonds is 4. The summed E-state index contributed by atoms with van der Waals surface area (Å²) in [5.41, 5.74) is 1.85. The van der Waals surface area contributed by atoms with E-state index in [0.29, 0.717) is 6.54 Å². The number of aryl methyl sites for hydroxylation is 2. The first-order valence-corrected chi connectivity index (χ1v) is 10.0. The molecule has 4 heterocycles. The number of nitrogens with one attached hydrogen (secondary N) is 1. The lowest BCUT2D eigenvalue weighted by molar-refractivity contribution is -0.125. The summed E-state index contributed by atoms with van der Waals surface area (Å²) in [4.78, 5) is 28.6. The molecule has 2 aromatic rings. The number of carbonyl (C=O) groups is 1. The van der Waals surface area contributed by atoms with Crippen LogP contribution in [0.4, 0.5) is 5.82 Å². The lowest BCUT2D eigenvalue weighted by Crippen LogP contribution is -2.43. The van der Waals surface area contributed by atoms with Crippen LogP contribution in [0.1, 0.15) is 51.3 Å². The van der Waals surface area contributed by atoms with Gasteiger partial charge in [0.25, 0.3) is 0 Å². The zero-order chi connectivity index (χ0) is 17.9. The lowest BCUT2D eigenvalue weighted by atomic mass is 9.97. The van der Waals surface area contributed by atoms with Gasteiger partial charge in [0.15, 0.2) is 17.0 Å². The van der Waals surface area contributed by atoms with Crippen molar-refractivity contribution in [3.05, 3.63) is 12.2 Å². The van der Waals surface area contributed by atoms with Crippen LogP contribution in [0.3, 0.4) is 0 Å². The molecule has 2 aliphatic heterocycles. The largest absolute Gasteiger partial charge is 0.356 e. The molecule has 26 heavy (non-hydrogen) atoms. The predicted octanol–water partition coefficient (Wildman–Crippen LogP) is 2.30. The topological polar surface area (TPSA) is 75.9 Å². The van der Waals surface area contributed by atoms with Crippen LogP contribution in [0.25, 0.3) is 11.2 Å². The van der Waals surface area contributed by atoms with E-state index in [1.165, 1.54) is 19.3 Å². The summed E-state index contributed by atoms with van der Waals surface area (Å²) < 4.78 is 2.27. The third-order valence-electron chi connectivity index (χ3n) is 5.51. The zero-order valence-corrected chi connectivity index (χ0v) is 15.6. The quantitative estimate of drug-likeness (QED) is 0.910. The number of imidazole rings is 1. The molecule has 1 fully saturated rings. The summed E-state index contributed by atoms with van der Waals surface area (Å²) in [5.74, 6) is 2.22. The van der Waals surface area contributed by atoms with Crippen molar-refractivity contribution < 1.29 is 4.79 Å². The monoisotopic (exact) mass is 356 g/mol. The van der Waals surface area contributed by atoms with Crippen molar-refractivity contribution in [2.75, 3.05) is 24.5 Å². The molecule has 7 heteroatoms. The maximum Gasteiger partial charge on any atom is 0.224 e. The summed E-state index contributed by atoms with van der Waals surface area (Å²) in [6.45, 7) is 5.45. The van der Waals surface area contributed by atoms with Crippen LogP contribution >= 0.6 is 0 Å². The smallest absolute Gasteiger partial charge is 0.224 e. The number of piperidine rings is 1. The van der Waals surface area contributed by atoms with Gasteiger partial charge >= 0.3 is 0 Å². The molecule has 0 radical (unpaired) electrons. The van der Waals surface area contributed by atoms with Crippen LogP contribution < -0.4 is 10.2 Å². The van der Waals surface area contributed by atoms with Crippen molar-refractivity contribution in [3.8, 4) is 0 Å². The van der Waals surface area contributed by atoms with Gasteiger partial charge in [-0.1, -0.05) is 13.3 Å². The molecule has 0 aromatic carbocycles. The molecule has 0 spiro atoms. The highest BCUT2D eigenvalue weighted by molar-refractivity contribution is 5.85. The first kappa shape index (κ1) is 17.2. The number of fused-ring (bicyclic) bond motifs is 3. The van der Waals surface area contributed by atoms with Crippen LogP contribution in [0.5, 0.6) is 0 Å². The fourth-order valence-corrected chi connectivity index (χ4v) is 4.13. The van der Waals surface area contributed by atoms with E-state index < -0.39 is 0 Å². The maximum atomic E-state index is 12.4. The summed E-state index contributed by atoms with van der Waals surface area (Å²) >= 11 is 0. The summed E-state index contributed by atoms with van der Waals surface area (Å²) in [5, 5.41) is 3.04. The van der Waals surface area contributed by atoms with Crippen molar-refractivity contribution in [2.45, 2.75) is 58.4 Å². The average Bonchev–Trinajstić information content (AvgIpc) is 2.87. The molecule has 1 atom stereocenters. The first-order chi connectivity index (χ1) is 12.8. The molecule has 4 rings (SSSR count). The van der Waals surface area contributed by atoms with Crippen molar-refractivity contribution in [3.63, 3.8) is 0 Å². The molecule has 7 nitrogen and oxygen atoms in total. The first-order valence-electron chi connectivity index (χ1n) is 10.0. The molecule has 0 unspecified atom stereocenters. The fourth-order valence-electron chi connectivity index (χ4n) is 4.13. The molecule has 1 N–H and O–H groups in total. The number of aromatic nitrogens is 4. The van der Waals surface area contributed by atoms with Gasteiger partial charge in [-0.15, -0.1) is 0 Å². The molecule has 1 saturated heterocycles. The number of nitrogens with zero attached hydrogens (tertiary/aromatic N) is 5. The molecule has 0 bridgehead atoms. The Morgan fingerprint density at radius 2 is 2.15 bits per heavy atom. The van der Waals surface area contributed by atoms with Crippen molar-refractivity contribution in [1.29, 1.82) is 0 Å². The Bertz CT molecular complexity index is 786. The van der Waals surface area contributed by atoms with Crippen LogP contribution in [0.15, 0.2) is 6.33 Å². The van der Waals surface area contributed by atoms with Gasteiger partial charge in [0, 0.05) is 32.6 Å². The van der Waals surface area contributed by atoms with E-state index in [0.717, 1.165) is 68.1 Å². The molecule has 0 saturated carbocycles. The summed E-state index contributed by atoms with van der Waals surface area (Å²) in [6, 6.07) is 0. The molecule has 1 amide bonds. The number of hydrogen-bond acceptors (Lipinski definition) is 5. The molecule has 0 aliphatic carbocycles. The Morgan fingerprint density at radius 1 is 1.23 bits per heavy atom. The van der Waals surface area contributed by atoms with E-state index in [9.17, 15) is 4.79 Å². The Kier molecular flexibility index (Phi) is 5.04. The third kappa shape index (κ3) is 3.27. The van der Waals surface area contributed by atoms with Crippen molar-refractivity contribution in [2.24, 2.45) is 5.92 Å². The van der Waals surface area contributed by atoms with E-state index >= 15 is 0 Å². The Labute approximate surface area is 154 Å². The van der Waals surface area contributed by atoms with Gasteiger partial charge in [-0.25, -0.2) is 15.0 Å². The van der Waals surface area contributed by atoms with Crippen molar-refractivity contribution in [1.82, 2.24) is 24.8 Å². The van der Waals surface area contributed by atoms with E-state index in [1.807, 2.05) is 0 Å². The van der Waals surface area contributed by atoms with Gasteiger partial charge in [0.05, 0.1) is 5.92 Å². The number of amides is 1. The van der Waals surface area contributed by atoms with Gasteiger partial charge in [-0.3, -0.25) is 4.79 Å². The average molecular weight is 356 g/mol. The Balaban J connectivity index is 1.61. The summed E-state index contributed by atoms with van der Waals surface area (Å²) in [6.07, 6.45) is 9.20. The normalized spacial score (nSPS) is 20.7. The molecule has 2 aromatic heterocycles. The van der Waals surface area contributed by atoms with Gasteiger partial charge in [0.2, 0.25) is 5.91 Å². The second-order valence-corrected chi connectivity index (χ2v) is 7.44. The highest BCUT2D eigenvalue weighted by Crippen LogP contribution is 2.29. The third-order valence-corrected chi connectivity index (χ3v) is 5.51. The SMILES string of the molecule is CCCNC(=O)[C@@H]1CCCN(c2ncnc3c2nc2n3CCCCC2)C1. The number of anilines is 1. The molecular formula is C19H28N6O. The van der Waals surface area contributed by atoms with E-state index in [1.54, 1.807) is 6.33 Å². The van der Waals surface area contributed by atoms with Crippen LogP contribution in [-0.2, 0) is 17.8 Å². The van der Waals surface area contributed by atoms with Crippen molar-refractivity contribution >= 4 is 22.9 Å². The van der Waals surface area contributed by atoms with Crippen LogP contribution in [0, 0.1) is 5.92 Å². The standard InChI is InChI=1S/C19H28N6O/c1-2-9-20-19(26)14-7-6-10-24(12-14)17-16-18(22-13-21-17)25-11-5-3-4-8-15(25)23-16/h13-14H,2-12H2,1H3,(H,20,26)/t14-/m1/s1. The van der Waals surface area contributed by atoms with Gasteiger partial charge in [-0.2, -0.15) is 0 Å². The second kappa shape index (κ2) is 7.60. The molecule has 2 aliphatic rings. The van der Waals surface area contributed by atoms with Gasteiger partial charge in [-0.05, 0) is 32.1 Å². The predicted molar refractivity (Wildman–Crippen MR) is 101 cm³/mol. The van der Waals surface area contributed by atoms with Gasteiger partial charge < -0.3 is 14.8 Å². The molecule has 140 valence electrons. The highest BCUT2D eigenvalue weighted by Gasteiger charge is 2.28. The fraction of sp³-hybridized carbons (Fsp3) is 0.684. The number of carbonyl (C=O) groups excluding carboxylic acids is 1. The zero-order valence-electron chi connectivity index (χ0n) is 15.6. The van der Waals surface area contributed by atoms with Crippen LogP contribution in [-0.4, -0.2) is 45.1 Å². The molecular weight excluding hydrogens is 328 g/mol. The second-order valence-electron chi connectivity index (χ2n) is 7.44. The van der Waals surface area contributed by atoms with Crippen LogP contribution in [0.2, 0.25) is 0 Å². The van der Waals surface area contributed by atoms with E-state index in [2.05, 4.69) is 31.7 Å². The maximum absolute atomic E-state index is 12.4. The summed E-state index contributed by atoms with van der Waals surface area (Å²) in [7, 11) is 0. The highest BCUT2D eigenvalue weighted by atomic mass is 16.1. The minimum Gasteiger partial charge on any atom is -0.356 e. The van der Waals surface area contributed by atoms with E-state index in [-0.39, 0.29) is 11.8 Å². The van der Waals surface area contributed by atoms with Gasteiger partial charge in [0.1, 0.15) is 12.2 Å². The Morgan fingerprint density at radius 3 is 3.04 bits per heavy atom. The Hall–Kier alpha value is -2.18. The minimum atomic E-state index is 0.0285. The van der Waals surface area contributed by atoms with E-state index in [4.69, 9.17) is 4.98 Å². The minimum absolute atomic E-state index is 0.0285. The number of hydrogen-bond donors (Lipinski definition) is 1.